The Balaban J connectivity index is 1.36. The number of nitrogens with zero attached hydrogens (tertiary/aromatic N) is 3. The molecule has 3 heterocycles. The third-order valence-corrected chi connectivity index (χ3v) is 4.08. The molecule has 120 valence electrons. The molecule has 24 heavy (non-hydrogen) atoms. The van der Waals surface area contributed by atoms with Crippen LogP contribution in [0.4, 0.5) is 5.82 Å². The molecule has 6 heteroatoms. The summed E-state index contributed by atoms with van der Waals surface area (Å²) in [6.45, 7) is 1.53. The first-order chi connectivity index (χ1) is 11.8. The van der Waals surface area contributed by atoms with Crippen molar-refractivity contribution in [2.45, 2.75) is 6.04 Å². The summed E-state index contributed by atoms with van der Waals surface area (Å²) in [5, 5.41) is 10.0. The molecule has 2 aromatic heterocycles. The highest BCUT2D eigenvalue weighted by molar-refractivity contribution is 5.93. The molecule has 0 aliphatic carbocycles. The van der Waals surface area contributed by atoms with Crippen molar-refractivity contribution in [1.29, 1.82) is 0 Å². The molecule has 1 aromatic carbocycles. The molecular weight excluding hydrogens is 302 g/mol. The molecule has 0 unspecified atom stereocenters. The van der Waals surface area contributed by atoms with E-state index in [2.05, 4.69) is 25.4 Å². The van der Waals surface area contributed by atoms with E-state index in [4.69, 9.17) is 0 Å². The number of nitrogens with one attached hydrogen (secondary N) is 2. The Morgan fingerprint density at radius 2 is 1.92 bits per heavy atom. The number of carbonyl (C=O) groups excluding carboxylic acids is 1. The Kier molecular flexibility index (Phi) is 3.70. The Hall–Kier alpha value is -3.15. The van der Waals surface area contributed by atoms with Gasteiger partial charge in [-0.25, -0.2) is 4.98 Å². The van der Waals surface area contributed by atoms with Crippen molar-refractivity contribution in [3.05, 3.63) is 66.5 Å². The molecule has 0 radical (unpaired) electrons. The largest absolute Gasteiger partial charge is 0.352 e. The van der Waals surface area contributed by atoms with Gasteiger partial charge in [-0.15, -0.1) is 0 Å². The van der Waals surface area contributed by atoms with Gasteiger partial charge in [-0.2, -0.15) is 5.10 Å². The lowest BCUT2D eigenvalue weighted by Gasteiger charge is -2.40. The summed E-state index contributed by atoms with van der Waals surface area (Å²) in [4.78, 5) is 18.8. The zero-order chi connectivity index (χ0) is 16.4. The van der Waals surface area contributed by atoms with Crippen molar-refractivity contribution in [3.8, 4) is 11.3 Å². The van der Waals surface area contributed by atoms with Crippen molar-refractivity contribution in [1.82, 2.24) is 20.5 Å². The van der Waals surface area contributed by atoms with Crippen molar-refractivity contribution >= 4 is 11.7 Å². The standard InChI is InChI=1S/C18H17N5O/c24-18(16-10-15(21-22-16)13-6-2-1-3-7-13)20-14-11-23(12-14)17-8-4-5-9-19-17/h1-10,14H,11-12H2,(H,20,24)(H,21,22). The van der Waals surface area contributed by atoms with Crippen LogP contribution in [0.2, 0.25) is 0 Å². The van der Waals surface area contributed by atoms with Crippen LogP contribution in [0.25, 0.3) is 11.3 Å². The molecule has 2 N–H and O–H groups in total. The normalized spacial score (nSPS) is 14.2. The van der Waals surface area contributed by atoms with E-state index in [0.29, 0.717) is 5.69 Å². The fraction of sp³-hybridized carbons (Fsp3) is 0.167. The molecule has 3 aromatic rings. The smallest absolute Gasteiger partial charge is 0.269 e. The first-order valence-electron chi connectivity index (χ1n) is 7.87. The van der Waals surface area contributed by atoms with Crippen LogP contribution < -0.4 is 10.2 Å². The van der Waals surface area contributed by atoms with Crippen LogP contribution in [0.1, 0.15) is 10.5 Å². The molecule has 4 rings (SSSR count). The molecular formula is C18H17N5O. The summed E-state index contributed by atoms with van der Waals surface area (Å²) in [5.41, 5.74) is 2.23. The number of amides is 1. The number of benzene rings is 1. The van der Waals surface area contributed by atoms with Gasteiger partial charge in [0, 0.05) is 24.8 Å². The predicted octanol–water partition coefficient (Wildman–Crippen LogP) is 2.09. The van der Waals surface area contributed by atoms with E-state index in [1.165, 1.54) is 0 Å². The van der Waals surface area contributed by atoms with Crippen LogP contribution >= 0.6 is 0 Å². The molecule has 1 saturated heterocycles. The fourth-order valence-corrected chi connectivity index (χ4v) is 2.76. The number of anilines is 1. The Bertz CT molecular complexity index is 825. The minimum Gasteiger partial charge on any atom is -0.352 e. The maximum absolute atomic E-state index is 12.3. The number of aromatic nitrogens is 3. The number of rotatable bonds is 4. The first-order valence-corrected chi connectivity index (χ1v) is 7.87. The average molecular weight is 319 g/mol. The second-order valence-electron chi connectivity index (χ2n) is 5.80. The third-order valence-electron chi connectivity index (χ3n) is 4.08. The number of aromatic amines is 1. The van der Waals surface area contributed by atoms with Gasteiger partial charge < -0.3 is 10.2 Å². The van der Waals surface area contributed by atoms with Crippen LogP contribution in [-0.4, -0.2) is 40.2 Å². The van der Waals surface area contributed by atoms with Gasteiger partial charge in [-0.05, 0) is 18.2 Å². The molecule has 0 saturated carbocycles. The minimum atomic E-state index is -0.129. The topological polar surface area (TPSA) is 73.9 Å². The molecule has 6 nitrogen and oxygen atoms in total. The third kappa shape index (κ3) is 2.86. The number of pyridine rings is 1. The second-order valence-corrected chi connectivity index (χ2v) is 5.80. The second kappa shape index (κ2) is 6.16. The zero-order valence-corrected chi connectivity index (χ0v) is 13.0. The Morgan fingerprint density at radius 1 is 1.12 bits per heavy atom. The maximum atomic E-state index is 12.3. The Morgan fingerprint density at radius 3 is 2.67 bits per heavy atom. The number of H-pyrrole nitrogens is 1. The summed E-state index contributed by atoms with van der Waals surface area (Å²) in [5.74, 6) is 0.811. The van der Waals surface area contributed by atoms with Gasteiger partial charge in [0.25, 0.3) is 5.91 Å². The average Bonchev–Trinajstić information content (AvgIpc) is 3.09. The lowest BCUT2D eigenvalue weighted by molar-refractivity contribution is 0.0925. The summed E-state index contributed by atoms with van der Waals surface area (Å²) >= 11 is 0. The van der Waals surface area contributed by atoms with E-state index in [9.17, 15) is 4.79 Å². The van der Waals surface area contributed by atoms with Gasteiger partial charge in [0.15, 0.2) is 0 Å². The highest BCUT2D eigenvalue weighted by Crippen LogP contribution is 2.19. The van der Waals surface area contributed by atoms with Crippen LogP contribution in [0.15, 0.2) is 60.8 Å². The number of carbonyl (C=O) groups is 1. The molecule has 1 fully saturated rings. The van der Waals surface area contributed by atoms with E-state index in [0.717, 1.165) is 30.2 Å². The van der Waals surface area contributed by atoms with Crippen LogP contribution in [0, 0.1) is 0 Å². The number of hydrogen-bond acceptors (Lipinski definition) is 4. The van der Waals surface area contributed by atoms with Crippen molar-refractivity contribution in [2.75, 3.05) is 18.0 Å². The van der Waals surface area contributed by atoms with Gasteiger partial charge in [0.1, 0.15) is 11.5 Å². The van der Waals surface area contributed by atoms with Gasteiger partial charge in [-0.1, -0.05) is 36.4 Å². The van der Waals surface area contributed by atoms with Gasteiger partial charge >= 0.3 is 0 Å². The molecule has 1 aliphatic heterocycles. The summed E-state index contributed by atoms with van der Waals surface area (Å²) in [6, 6.07) is 17.5. The highest BCUT2D eigenvalue weighted by atomic mass is 16.2. The summed E-state index contributed by atoms with van der Waals surface area (Å²) in [6.07, 6.45) is 1.77. The first kappa shape index (κ1) is 14.4. The van der Waals surface area contributed by atoms with Crippen molar-refractivity contribution in [2.24, 2.45) is 0 Å². The van der Waals surface area contributed by atoms with Crippen LogP contribution in [0.5, 0.6) is 0 Å². The van der Waals surface area contributed by atoms with E-state index in [-0.39, 0.29) is 11.9 Å². The molecule has 0 atom stereocenters. The molecule has 1 aliphatic rings. The molecule has 0 spiro atoms. The van der Waals surface area contributed by atoms with Gasteiger partial charge in [-0.3, -0.25) is 9.89 Å². The molecule has 0 bridgehead atoms. The lowest BCUT2D eigenvalue weighted by atomic mass is 10.1. The molecule has 1 amide bonds. The Labute approximate surface area is 139 Å². The maximum Gasteiger partial charge on any atom is 0.269 e. The minimum absolute atomic E-state index is 0.128. The van der Waals surface area contributed by atoms with E-state index in [1.54, 1.807) is 12.3 Å². The van der Waals surface area contributed by atoms with E-state index >= 15 is 0 Å². The SMILES string of the molecule is O=C(NC1CN(c2ccccn2)C1)c1cc(-c2ccccc2)n[nH]1. The van der Waals surface area contributed by atoms with Crippen LogP contribution in [0.3, 0.4) is 0 Å². The van der Waals surface area contributed by atoms with Crippen molar-refractivity contribution < 1.29 is 4.79 Å². The fourth-order valence-electron chi connectivity index (χ4n) is 2.76. The quantitative estimate of drug-likeness (QED) is 0.772. The van der Waals surface area contributed by atoms with E-state index < -0.39 is 0 Å². The summed E-state index contributed by atoms with van der Waals surface area (Å²) < 4.78 is 0. The van der Waals surface area contributed by atoms with Crippen LogP contribution in [-0.2, 0) is 0 Å². The number of hydrogen-bond donors (Lipinski definition) is 2. The summed E-state index contributed by atoms with van der Waals surface area (Å²) in [7, 11) is 0. The van der Waals surface area contributed by atoms with Crippen molar-refractivity contribution in [3.63, 3.8) is 0 Å². The van der Waals surface area contributed by atoms with Gasteiger partial charge in [0.2, 0.25) is 0 Å². The zero-order valence-electron chi connectivity index (χ0n) is 13.0. The van der Waals surface area contributed by atoms with Gasteiger partial charge in [0.05, 0.1) is 11.7 Å². The van der Waals surface area contributed by atoms with E-state index in [1.807, 2.05) is 48.5 Å². The highest BCUT2D eigenvalue weighted by Gasteiger charge is 2.29. The lowest BCUT2D eigenvalue weighted by Crippen LogP contribution is -2.59. The predicted molar refractivity (Wildman–Crippen MR) is 91.7 cm³/mol. The monoisotopic (exact) mass is 319 g/mol.